The molecule has 4 rings (SSSR count). The number of carbonyl (C=O) groups is 1. The standard InChI is InChI=1S/C28H28N4O/c1-32(2)15-14-30-28(33)24-13-7-11-22(17-24)25-18-26(27(29)31-19-25)23-12-6-10-21(16-23)20-8-4-3-5-9-20/h3-13,16-19H,14-15H2,1-2H3,(H2,29,31)(H,30,33). The number of rotatable bonds is 7. The van der Waals surface area contributed by atoms with Crippen LogP contribution in [0, 0.1) is 0 Å². The van der Waals surface area contributed by atoms with Crippen LogP contribution in [-0.2, 0) is 0 Å². The molecule has 0 fully saturated rings. The van der Waals surface area contributed by atoms with E-state index in [1.165, 1.54) is 0 Å². The van der Waals surface area contributed by atoms with Crippen LogP contribution in [-0.4, -0.2) is 43.0 Å². The van der Waals surface area contributed by atoms with Gasteiger partial charge in [0.1, 0.15) is 5.82 Å². The summed E-state index contributed by atoms with van der Waals surface area (Å²) in [5.74, 6) is 0.388. The van der Waals surface area contributed by atoms with E-state index in [1.807, 2.05) is 79.7 Å². The monoisotopic (exact) mass is 436 g/mol. The molecular formula is C28H28N4O. The number of hydrogen-bond acceptors (Lipinski definition) is 4. The summed E-state index contributed by atoms with van der Waals surface area (Å²) in [5.41, 5.74) is 12.9. The van der Waals surface area contributed by atoms with Gasteiger partial charge in [0.25, 0.3) is 5.91 Å². The molecule has 5 heteroatoms. The Morgan fingerprint density at radius 2 is 1.48 bits per heavy atom. The summed E-state index contributed by atoms with van der Waals surface area (Å²) < 4.78 is 0. The van der Waals surface area contributed by atoms with Crippen LogP contribution in [0.4, 0.5) is 5.82 Å². The number of nitrogens with one attached hydrogen (secondary N) is 1. The van der Waals surface area contributed by atoms with Gasteiger partial charge >= 0.3 is 0 Å². The lowest BCUT2D eigenvalue weighted by Gasteiger charge is -2.12. The Hall–Kier alpha value is -3.96. The Morgan fingerprint density at radius 3 is 2.24 bits per heavy atom. The molecule has 0 aliphatic rings. The molecule has 33 heavy (non-hydrogen) atoms. The molecule has 0 radical (unpaired) electrons. The number of nitrogens with zero attached hydrogens (tertiary/aromatic N) is 2. The summed E-state index contributed by atoms with van der Waals surface area (Å²) in [5, 5.41) is 2.96. The van der Waals surface area contributed by atoms with Gasteiger partial charge in [0.15, 0.2) is 0 Å². The van der Waals surface area contributed by atoms with E-state index in [4.69, 9.17) is 5.73 Å². The van der Waals surface area contributed by atoms with E-state index in [9.17, 15) is 4.79 Å². The van der Waals surface area contributed by atoms with Crippen LogP contribution in [0.2, 0.25) is 0 Å². The maximum Gasteiger partial charge on any atom is 0.251 e. The van der Waals surface area contributed by atoms with Gasteiger partial charge in [0.2, 0.25) is 0 Å². The molecule has 0 bridgehead atoms. The second-order valence-electron chi connectivity index (χ2n) is 8.24. The SMILES string of the molecule is CN(C)CCNC(=O)c1cccc(-c2cnc(N)c(-c3cccc(-c4ccccc4)c3)c2)c1. The number of likely N-dealkylation sites (N-methyl/N-ethyl adjacent to an activating group) is 1. The van der Waals surface area contributed by atoms with E-state index in [0.29, 0.717) is 17.9 Å². The number of carbonyl (C=O) groups excluding carboxylic acids is 1. The lowest BCUT2D eigenvalue weighted by atomic mass is 9.97. The first-order chi connectivity index (χ1) is 16.0. The Balaban J connectivity index is 1.63. The molecular weight excluding hydrogens is 408 g/mol. The highest BCUT2D eigenvalue weighted by Crippen LogP contribution is 2.32. The van der Waals surface area contributed by atoms with Crippen molar-refractivity contribution in [1.29, 1.82) is 0 Å². The van der Waals surface area contributed by atoms with Crippen molar-refractivity contribution in [3.8, 4) is 33.4 Å². The summed E-state index contributed by atoms with van der Waals surface area (Å²) in [7, 11) is 3.96. The maximum absolute atomic E-state index is 12.6. The van der Waals surface area contributed by atoms with Crippen molar-refractivity contribution in [2.75, 3.05) is 32.9 Å². The average Bonchev–Trinajstić information content (AvgIpc) is 2.85. The maximum atomic E-state index is 12.6. The molecule has 1 aromatic heterocycles. The lowest BCUT2D eigenvalue weighted by molar-refractivity contribution is 0.0951. The zero-order valence-corrected chi connectivity index (χ0v) is 19.0. The van der Waals surface area contributed by atoms with Crippen molar-refractivity contribution in [1.82, 2.24) is 15.2 Å². The second kappa shape index (κ2) is 10.1. The summed E-state index contributed by atoms with van der Waals surface area (Å²) in [6, 6.07) is 28.2. The fourth-order valence-electron chi connectivity index (χ4n) is 3.70. The molecule has 4 aromatic rings. The van der Waals surface area contributed by atoms with Gasteiger partial charge in [-0.2, -0.15) is 0 Å². The first kappa shape index (κ1) is 22.2. The molecule has 0 saturated heterocycles. The van der Waals surface area contributed by atoms with Gasteiger partial charge in [-0.3, -0.25) is 4.79 Å². The van der Waals surface area contributed by atoms with E-state index in [2.05, 4.69) is 34.6 Å². The number of amides is 1. The number of nitrogens with two attached hydrogens (primary N) is 1. The number of aromatic nitrogens is 1. The van der Waals surface area contributed by atoms with E-state index < -0.39 is 0 Å². The third-order valence-electron chi connectivity index (χ3n) is 5.50. The first-order valence-corrected chi connectivity index (χ1v) is 11.0. The number of anilines is 1. The third-order valence-corrected chi connectivity index (χ3v) is 5.50. The molecule has 166 valence electrons. The average molecular weight is 437 g/mol. The zero-order chi connectivity index (χ0) is 23.2. The summed E-state index contributed by atoms with van der Waals surface area (Å²) >= 11 is 0. The quantitative estimate of drug-likeness (QED) is 0.430. The molecule has 0 aliphatic heterocycles. The van der Waals surface area contributed by atoms with E-state index >= 15 is 0 Å². The third kappa shape index (κ3) is 5.45. The molecule has 0 aliphatic carbocycles. The minimum atomic E-state index is -0.0853. The molecule has 3 N–H and O–H groups in total. The highest BCUT2D eigenvalue weighted by Gasteiger charge is 2.11. The molecule has 0 atom stereocenters. The normalized spacial score (nSPS) is 10.9. The van der Waals surface area contributed by atoms with Crippen LogP contribution in [0.5, 0.6) is 0 Å². The predicted molar refractivity (Wildman–Crippen MR) is 136 cm³/mol. The zero-order valence-electron chi connectivity index (χ0n) is 19.0. The van der Waals surface area contributed by atoms with Crippen LogP contribution in [0.25, 0.3) is 33.4 Å². The topological polar surface area (TPSA) is 71.2 Å². The van der Waals surface area contributed by atoms with Crippen molar-refractivity contribution in [2.45, 2.75) is 0 Å². The Kier molecular flexibility index (Phi) is 6.81. The molecule has 3 aromatic carbocycles. The van der Waals surface area contributed by atoms with Gasteiger partial charge in [-0.15, -0.1) is 0 Å². The van der Waals surface area contributed by atoms with Crippen LogP contribution in [0.3, 0.4) is 0 Å². The van der Waals surface area contributed by atoms with E-state index in [0.717, 1.165) is 39.9 Å². The molecule has 0 spiro atoms. The van der Waals surface area contributed by atoms with Gasteiger partial charge in [0, 0.05) is 36.0 Å². The van der Waals surface area contributed by atoms with Crippen molar-refractivity contribution in [3.63, 3.8) is 0 Å². The molecule has 0 saturated carbocycles. The second-order valence-corrected chi connectivity index (χ2v) is 8.24. The van der Waals surface area contributed by atoms with Crippen molar-refractivity contribution in [2.24, 2.45) is 0 Å². The first-order valence-electron chi connectivity index (χ1n) is 11.0. The van der Waals surface area contributed by atoms with Crippen molar-refractivity contribution >= 4 is 11.7 Å². The van der Waals surface area contributed by atoms with Crippen LogP contribution < -0.4 is 11.1 Å². The fraction of sp³-hybridized carbons (Fsp3) is 0.143. The molecule has 1 amide bonds. The fourth-order valence-corrected chi connectivity index (χ4v) is 3.70. The number of hydrogen-bond donors (Lipinski definition) is 2. The summed E-state index contributed by atoms with van der Waals surface area (Å²) in [6.45, 7) is 1.39. The van der Waals surface area contributed by atoms with Gasteiger partial charge in [-0.1, -0.05) is 60.7 Å². The van der Waals surface area contributed by atoms with Crippen molar-refractivity contribution < 1.29 is 4.79 Å². The van der Waals surface area contributed by atoms with E-state index in [-0.39, 0.29) is 5.91 Å². The molecule has 0 unspecified atom stereocenters. The number of nitrogen functional groups attached to an aromatic ring is 1. The summed E-state index contributed by atoms with van der Waals surface area (Å²) in [6.07, 6.45) is 1.75. The Labute approximate surface area is 194 Å². The van der Waals surface area contributed by atoms with Gasteiger partial charge < -0.3 is 16.0 Å². The Bertz CT molecular complexity index is 1250. The number of benzene rings is 3. The predicted octanol–water partition coefficient (Wildman–Crippen LogP) is 4.96. The summed E-state index contributed by atoms with van der Waals surface area (Å²) in [4.78, 5) is 19.0. The van der Waals surface area contributed by atoms with Crippen LogP contribution in [0.1, 0.15) is 10.4 Å². The van der Waals surface area contributed by atoms with E-state index in [1.54, 1.807) is 6.20 Å². The van der Waals surface area contributed by atoms with Gasteiger partial charge in [0.05, 0.1) is 0 Å². The van der Waals surface area contributed by atoms with Gasteiger partial charge in [-0.25, -0.2) is 4.98 Å². The highest BCUT2D eigenvalue weighted by molar-refractivity contribution is 5.95. The van der Waals surface area contributed by atoms with Crippen LogP contribution >= 0.6 is 0 Å². The van der Waals surface area contributed by atoms with Crippen molar-refractivity contribution in [3.05, 3.63) is 96.7 Å². The van der Waals surface area contributed by atoms with Gasteiger partial charge in [-0.05, 0) is 60.6 Å². The molecule has 1 heterocycles. The highest BCUT2D eigenvalue weighted by atomic mass is 16.1. The molecule has 5 nitrogen and oxygen atoms in total. The minimum Gasteiger partial charge on any atom is -0.383 e. The lowest BCUT2D eigenvalue weighted by Crippen LogP contribution is -2.31. The number of pyridine rings is 1. The van der Waals surface area contributed by atoms with Crippen LogP contribution in [0.15, 0.2) is 91.1 Å². The smallest absolute Gasteiger partial charge is 0.251 e. The minimum absolute atomic E-state index is 0.0853. The Morgan fingerprint density at radius 1 is 0.818 bits per heavy atom. The largest absolute Gasteiger partial charge is 0.383 e.